The van der Waals surface area contributed by atoms with Gasteiger partial charge in [-0.3, -0.25) is 0 Å². The predicted molar refractivity (Wildman–Crippen MR) is 92.7 cm³/mol. The summed E-state index contributed by atoms with van der Waals surface area (Å²) in [5, 5.41) is 8.35. The van der Waals surface area contributed by atoms with Crippen LogP contribution in [0.25, 0.3) is 5.69 Å². The molecule has 2 aromatic carbocycles. The van der Waals surface area contributed by atoms with Crippen LogP contribution in [0.3, 0.4) is 0 Å². The van der Waals surface area contributed by atoms with Gasteiger partial charge in [-0.1, -0.05) is 52.3 Å². The van der Waals surface area contributed by atoms with Crippen molar-refractivity contribution in [2.45, 2.75) is 12.8 Å². The summed E-state index contributed by atoms with van der Waals surface area (Å²) in [6.45, 7) is 0.989. The molecule has 0 aliphatic carbocycles. The molecule has 22 heavy (non-hydrogen) atoms. The number of rotatable bonds is 3. The van der Waals surface area contributed by atoms with Crippen LogP contribution in [0.5, 0.6) is 0 Å². The van der Waals surface area contributed by atoms with Gasteiger partial charge in [0.15, 0.2) is 0 Å². The number of nitrogens with zero attached hydrogens (tertiary/aromatic N) is 2. The highest BCUT2D eigenvalue weighted by Crippen LogP contribution is 2.30. The van der Waals surface area contributed by atoms with Gasteiger partial charge in [0.05, 0.1) is 11.4 Å². The Hall–Kier alpha value is -2.07. The molecule has 0 fully saturated rings. The van der Waals surface area contributed by atoms with Crippen molar-refractivity contribution in [3.8, 4) is 5.69 Å². The topological polar surface area (TPSA) is 29.9 Å². The van der Waals surface area contributed by atoms with Crippen molar-refractivity contribution in [1.29, 1.82) is 0 Å². The van der Waals surface area contributed by atoms with E-state index in [4.69, 9.17) is 5.10 Å². The molecule has 0 atom stereocenters. The Bertz CT molecular complexity index is 808. The van der Waals surface area contributed by atoms with E-state index in [1.165, 1.54) is 16.8 Å². The van der Waals surface area contributed by atoms with Gasteiger partial charge in [0, 0.05) is 23.0 Å². The lowest BCUT2D eigenvalue weighted by Gasteiger charge is -2.06. The summed E-state index contributed by atoms with van der Waals surface area (Å²) in [5.74, 6) is 1.14. The quantitative estimate of drug-likeness (QED) is 0.764. The van der Waals surface area contributed by atoms with E-state index in [0.717, 1.165) is 35.4 Å². The van der Waals surface area contributed by atoms with E-state index in [9.17, 15) is 0 Å². The Balaban J connectivity index is 1.77. The molecule has 3 nitrogen and oxygen atoms in total. The van der Waals surface area contributed by atoms with Gasteiger partial charge < -0.3 is 5.32 Å². The molecule has 1 N–H and O–H groups in total. The summed E-state index contributed by atoms with van der Waals surface area (Å²) in [6, 6.07) is 18.8. The van der Waals surface area contributed by atoms with Crippen LogP contribution in [-0.2, 0) is 12.8 Å². The van der Waals surface area contributed by atoms with E-state index >= 15 is 0 Å². The van der Waals surface area contributed by atoms with Gasteiger partial charge in [-0.25, -0.2) is 4.68 Å². The fourth-order valence-electron chi connectivity index (χ4n) is 2.97. The van der Waals surface area contributed by atoms with Crippen LogP contribution in [0.4, 0.5) is 5.82 Å². The third-order valence-electron chi connectivity index (χ3n) is 4.00. The molecule has 0 unspecified atom stereocenters. The van der Waals surface area contributed by atoms with Gasteiger partial charge in [0.1, 0.15) is 5.82 Å². The number of fused-ring (bicyclic) bond motifs is 1. The first kappa shape index (κ1) is 13.6. The Kier molecular flexibility index (Phi) is 3.47. The van der Waals surface area contributed by atoms with E-state index in [2.05, 4.69) is 63.7 Å². The zero-order valence-corrected chi connectivity index (χ0v) is 13.7. The van der Waals surface area contributed by atoms with Gasteiger partial charge in [0.25, 0.3) is 0 Å². The second-order valence-corrected chi connectivity index (χ2v) is 6.42. The fraction of sp³-hybridized carbons (Fsp3) is 0.167. The van der Waals surface area contributed by atoms with E-state index < -0.39 is 0 Å². The number of benzene rings is 2. The third-order valence-corrected chi connectivity index (χ3v) is 4.49. The molecule has 0 radical (unpaired) electrons. The third kappa shape index (κ3) is 2.44. The minimum atomic E-state index is 0.881. The lowest BCUT2D eigenvalue weighted by atomic mass is 10.1. The van der Waals surface area contributed by atoms with Gasteiger partial charge in [-0.05, 0) is 30.2 Å². The number of hydrogen-bond acceptors (Lipinski definition) is 2. The zero-order valence-electron chi connectivity index (χ0n) is 12.1. The summed E-state index contributed by atoms with van der Waals surface area (Å²) in [7, 11) is 0. The average Bonchev–Trinajstić information content (AvgIpc) is 3.12. The van der Waals surface area contributed by atoms with E-state index in [0.29, 0.717) is 0 Å². The van der Waals surface area contributed by atoms with E-state index in [1.54, 1.807) is 0 Å². The first-order valence-corrected chi connectivity index (χ1v) is 8.25. The Morgan fingerprint density at radius 2 is 1.95 bits per heavy atom. The van der Waals surface area contributed by atoms with Gasteiger partial charge in [-0.15, -0.1) is 0 Å². The van der Waals surface area contributed by atoms with Crippen molar-refractivity contribution in [3.05, 3.63) is 75.9 Å². The average molecular weight is 354 g/mol. The number of anilines is 1. The second kappa shape index (κ2) is 5.61. The van der Waals surface area contributed by atoms with Crippen LogP contribution in [0.2, 0.25) is 0 Å². The molecule has 4 heteroatoms. The van der Waals surface area contributed by atoms with Gasteiger partial charge >= 0.3 is 0 Å². The lowest BCUT2D eigenvalue weighted by Crippen LogP contribution is -2.05. The normalized spacial score (nSPS) is 13.0. The smallest absolute Gasteiger partial charge is 0.133 e. The SMILES string of the molecule is Brc1cccc(-n2nc(Cc3ccccc3)c3c2NCC3)c1. The van der Waals surface area contributed by atoms with Gasteiger partial charge in [-0.2, -0.15) is 5.10 Å². The molecular weight excluding hydrogens is 338 g/mol. The number of nitrogens with one attached hydrogen (secondary N) is 1. The highest BCUT2D eigenvalue weighted by molar-refractivity contribution is 9.10. The maximum atomic E-state index is 4.87. The Morgan fingerprint density at radius 1 is 1.09 bits per heavy atom. The molecule has 3 aromatic rings. The maximum Gasteiger partial charge on any atom is 0.133 e. The van der Waals surface area contributed by atoms with Crippen molar-refractivity contribution >= 4 is 21.7 Å². The first-order chi connectivity index (χ1) is 10.8. The molecular formula is C18H16BrN3. The fourth-order valence-corrected chi connectivity index (χ4v) is 3.36. The minimum absolute atomic E-state index is 0.881. The molecule has 0 bridgehead atoms. The summed E-state index contributed by atoms with van der Waals surface area (Å²) in [4.78, 5) is 0. The van der Waals surface area contributed by atoms with Crippen LogP contribution < -0.4 is 5.32 Å². The lowest BCUT2D eigenvalue weighted by molar-refractivity contribution is 0.839. The van der Waals surface area contributed by atoms with Crippen LogP contribution >= 0.6 is 15.9 Å². The summed E-state index contributed by atoms with van der Waals surface area (Å²) >= 11 is 3.54. The standard InChI is InChI=1S/C18H16BrN3/c19-14-7-4-8-15(12-14)22-18-16(9-10-20-18)17(21-22)11-13-5-2-1-3-6-13/h1-8,12,20H,9-11H2. The largest absolute Gasteiger partial charge is 0.369 e. The van der Waals surface area contributed by atoms with Crippen molar-refractivity contribution < 1.29 is 0 Å². The maximum absolute atomic E-state index is 4.87. The molecule has 110 valence electrons. The van der Waals surface area contributed by atoms with Crippen LogP contribution in [0.15, 0.2) is 59.1 Å². The predicted octanol–water partition coefficient (Wildman–Crippen LogP) is 4.19. The number of hydrogen-bond donors (Lipinski definition) is 1. The van der Waals surface area contributed by atoms with Crippen LogP contribution in [0, 0.1) is 0 Å². The van der Waals surface area contributed by atoms with E-state index in [1.807, 2.05) is 16.8 Å². The van der Waals surface area contributed by atoms with Crippen LogP contribution in [-0.4, -0.2) is 16.3 Å². The van der Waals surface area contributed by atoms with Crippen molar-refractivity contribution in [2.75, 3.05) is 11.9 Å². The number of aromatic nitrogens is 2. The molecule has 4 rings (SSSR count). The highest BCUT2D eigenvalue weighted by atomic mass is 79.9. The monoisotopic (exact) mass is 353 g/mol. The summed E-state index contributed by atoms with van der Waals surface area (Å²) in [5.41, 5.74) is 4.91. The zero-order chi connectivity index (χ0) is 14.9. The number of halogens is 1. The molecule has 0 saturated carbocycles. The molecule has 0 spiro atoms. The van der Waals surface area contributed by atoms with E-state index in [-0.39, 0.29) is 0 Å². The summed E-state index contributed by atoms with van der Waals surface area (Å²) in [6.07, 6.45) is 1.93. The first-order valence-electron chi connectivity index (χ1n) is 7.46. The molecule has 1 aromatic heterocycles. The summed E-state index contributed by atoms with van der Waals surface area (Å²) < 4.78 is 3.10. The van der Waals surface area contributed by atoms with Crippen molar-refractivity contribution in [3.63, 3.8) is 0 Å². The van der Waals surface area contributed by atoms with Gasteiger partial charge in [0.2, 0.25) is 0 Å². The second-order valence-electron chi connectivity index (χ2n) is 5.50. The van der Waals surface area contributed by atoms with Crippen molar-refractivity contribution in [1.82, 2.24) is 9.78 Å². The minimum Gasteiger partial charge on any atom is -0.369 e. The highest BCUT2D eigenvalue weighted by Gasteiger charge is 2.22. The molecule has 0 amide bonds. The van der Waals surface area contributed by atoms with Crippen molar-refractivity contribution in [2.24, 2.45) is 0 Å². The molecule has 1 aliphatic rings. The Labute approximate surface area is 138 Å². The Morgan fingerprint density at radius 3 is 2.77 bits per heavy atom. The molecule has 1 aliphatic heterocycles. The van der Waals surface area contributed by atoms with Crippen LogP contribution in [0.1, 0.15) is 16.8 Å². The molecule has 2 heterocycles. The molecule has 0 saturated heterocycles.